The summed E-state index contributed by atoms with van der Waals surface area (Å²) in [5, 5.41) is 2.19. The zero-order valence-corrected chi connectivity index (χ0v) is 5.12. The van der Waals surface area contributed by atoms with E-state index in [1.165, 1.54) is 7.05 Å². The van der Waals surface area contributed by atoms with Gasteiger partial charge in [-0.15, -0.1) is 0 Å². The number of carbonyl (C=O) groups is 1. The first-order valence-corrected chi connectivity index (χ1v) is 2.61. The summed E-state index contributed by atoms with van der Waals surface area (Å²) >= 11 is -0.0101. The topological polar surface area (TPSA) is 72.2 Å². The van der Waals surface area contributed by atoms with E-state index in [1.807, 2.05) is 0 Å². The lowest BCUT2D eigenvalue weighted by Crippen LogP contribution is -2.33. The molecule has 0 aromatic rings. The number of hydrogen-bond donors (Lipinski definition) is 2. The SMILES string of the molecule is CNC(=O)C(N)=S=O. The fourth-order valence-corrected chi connectivity index (χ4v) is 0.339. The van der Waals surface area contributed by atoms with Gasteiger partial charge in [0.15, 0.2) is 4.99 Å². The van der Waals surface area contributed by atoms with E-state index in [1.54, 1.807) is 0 Å². The van der Waals surface area contributed by atoms with Crippen LogP contribution in [0.5, 0.6) is 0 Å². The summed E-state index contributed by atoms with van der Waals surface area (Å²) < 4.78 is 9.72. The second-order valence-electron chi connectivity index (χ2n) is 1.03. The van der Waals surface area contributed by atoms with Gasteiger partial charge in [0.1, 0.15) is 11.3 Å². The fourth-order valence-electron chi connectivity index (χ4n) is 0.161. The van der Waals surface area contributed by atoms with E-state index in [4.69, 9.17) is 5.73 Å². The summed E-state index contributed by atoms with van der Waals surface area (Å²) in [6.45, 7) is 0. The molecule has 0 atom stereocenters. The van der Waals surface area contributed by atoms with Crippen molar-refractivity contribution in [2.24, 2.45) is 5.73 Å². The van der Waals surface area contributed by atoms with Crippen molar-refractivity contribution >= 4 is 22.2 Å². The highest BCUT2D eigenvalue weighted by Crippen LogP contribution is 1.56. The van der Waals surface area contributed by atoms with Crippen LogP contribution in [0, 0.1) is 0 Å². The molecule has 0 saturated carbocycles. The fraction of sp³-hybridized carbons (Fsp3) is 0.333. The normalized spacial score (nSPS) is 7.75. The minimum absolute atomic E-state index is 0.0101. The summed E-state index contributed by atoms with van der Waals surface area (Å²) in [5.74, 6) is -0.523. The maximum Gasteiger partial charge on any atom is 0.275 e. The van der Waals surface area contributed by atoms with Crippen LogP contribution in [0.3, 0.4) is 0 Å². The smallest absolute Gasteiger partial charge is 0.275 e. The molecule has 0 bridgehead atoms. The van der Waals surface area contributed by atoms with Crippen molar-refractivity contribution in [3.8, 4) is 0 Å². The van der Waals surface area contributed by atoms with Crippen LogP contribution in [0.4, 0.5) is 0 Å². The summed E-state index contributed by atoms with van der Waals surface area (Å²) in [5.41, 5.74) is 4.88. The number of rotatable bonds is 0. The molecule has 0 aliphatic carbocycles. The van der Waals surface area contributed by atoms with E-state index in [0.717, 1.165) is 0 Å². The number of nitrogens with two attached hydrogens (primary N) is 1. The average molecular weight is 134 g/mol. The van der Waals surface area contributed by atoms with Gasteiger partial charge in [-0.1, -0.05) is 0 Å². The predicted octanol–water partition coefficient (Wildman–Crippen LogP) is -1.97. The van der Waals surface area contributed by atoms with Crippen LogP contribution < -0.4 is 11.1 Å². The van der Waals surface area contributed by atoms with Crippen molar-refractivity contribution in [1.82, 2.24) is 5.32 Å². The lowest BCUT2D eigenvalue weighted by molar-refractivity contribution is -0.114. The lowest BCUT2D eigenvalue weighted by atomic mass is 10.6. The van der Waals surface area contributed by atoms with E-state index >= 15 is 0 Å². The third-order valence-electron chi connectivity index (χ3n) is 0.541. The van der Waals surface area contributed by atoms with E-state index in [-0.39, 0.29) is 16.2 Å². The van der Waals surface area contributed by atoms with Crippen LogP contribution >= 0.6 is 0 Å². The average Bonchev–Trinajstić information content (AvgIpc) is 1.84. The zero-order chi connectivity index (χ0) is 6.57. The van der Waals surface area contributed by atoms with Crippen LogP contribution in [0.25, 0.3) is 0 Å². The molecule has 0 fully saturated rings. The molecule has 0 aliphatic heterocycles. The second kappa shape index (κ2) is 3.34. The largest absolute Gasteiger partial charge is 0.353 e. The Morgan fingerprint density at radius 3 is 2.38 bits per heavy atom. The molecule has 4 nitrogen and oxygen atoms in total. The minimum Gasteiger partial charge on any atom is -0.353 e. The van der Waals surface area contributed by atoms with Gasteiger partial charge >= 0.3 is 0 Å². The standard InChI is InChI=1S/C3H6N2O2S/c1-5-3(6)2(4)8-7/h4H2,1H3,(H,5,6). The van der Waals surface area contributed by atoms with Crippen molar-refractivity contribution in [1.29, 1.82) is 0 Å². The van der Waals surface area contributed by atoms with Gasteiger partial charge in [-0.25, -0.2) is 4.21 Å². The van der Waals surface area contributed by atoms with E-state index in [9.17, 15) is 9.00 Å². The van der Waals surface area contributed by atoms with Gasteiger partial charge in [0.25, 0.3) is 5.91 Å². The Bertz CT molecular complexity index is 149. The highest BCUT2D eigenvalue weighted by Gasteiger charge is 1.99. The van der Waals surface area contributed by atoms with Gasteiger partial charge in [-0.05, 0) is 0 Å². The molecule has 0 spiro atoms. The predicted molar refractivity (Wildman–Crippen MR) is 31.4 cm³/mol. The Balaban J connectivity index is 4.04. The molecule has 0 aliphatic rings. The maximum absolute atomic E-state index is 10.2. The molecular weight excluding hydrogens is 128 g/mol. The Hall–Kier alpha value is -0.680. The van der Waals surface area contributed by atoms with Crippen molar-refractivity contribution < 1.29 is 9.00 Å². The number of carbonyl (C=O) groups excluding carboxylic acids is 1. The van der Waals surface area contributed by atoms with Crippen LogP contribution in [0.2, 0.25) is 0 Å². The number of nitrogens with one attached hydrogen (secondary N) is 1. The molecule has 0 unspecified atom stereocenters. The van der Waals surface area contributed by atoms with Crippen LogP contribution in [-0.4, -0.2) is 22.2 Å². The van der Waals surface area contributed by atoms with Gasteiger partial charge in [0.2, 0.25) is 0 Å². The number of likely N-dealkylation sites (N-methyl/N-ethyl adjacent to an activating group) is 1. The van der Waals surface area contributed by atoms with E-state index in [0.29, 0.717) is 0 Å². The van der Waals surface area contributed by atoms with Gasteiger partial charge in [-0.3, -0.25) is 10.5 Å². The molecule has 0 rings (SSSR count). The number of hydrogen-bond acceptors (Lipinski definition) is 2. The maximum atomic E-state index is 10.2. The summed E-state index contributed by atoms with van der Waals surface area (Å²) in [6.07, 6.45) is 0. The Kier molecular flexibility index (Phi) is 3.05. The van der Waals surface area contributed by atoms with Gasteiger partial charge in [-0.2, -0.15) is 0 Å². The molecule has 46 valence electrons. The summed E-state index contributed by atoms with van der Waals surface area (Å²) in [4.78, 5) is 9.99. The molecule has 0 aromatic heterocycles. The zero-order valence-electron chi connectivity index (χ0n) is 4.30. The lowest BCUT2D eigenvalue weighted by Gasteiger charge is -1.89. The van der Waals surface area contributed by atoms with E-state index in [2.05, 4.69) is 5.32 Å². The van der Waals surface area contributed by atoms with Gasteiger partial charge in [0, 0.05) is 7.05 Å². The molecule has 3 N–H and O–H groups in total. The summed E-state index contributed by atoms with van der Waals surface area (Å²) in [7, 11) is 1.41. The van der Waals surface area contributed by atoms with Crippen LogP contribution in [0.15, 0.2) is 0 Å². The first-order valence-electron chi connectivity index (χ1n) is 1.86. The molecule has 1 amide bonds. The molecule has 5 heteroatoms. The molecule has 8 heavy (non-hydrogen) atoms. The highest BCUT2D eigenvalue weighted by atomic mass is 32.1. The molecule has 0 heterocycles. The van der Waals surface area contributed by atoms with Crippen molar-refractivity contribution in [3.05, 3.63) is 0 Å². The highest BCUT2D eigenvalue weighted by molar-refractivity contribution is 7.68. The van der Waals surface area contributed by atoms with Crippen molar-refractivity contribution in [2.45, 2.75) is 0 Å². The van der Waals surface area contributed by atoms with E-state index < -0.39 is 5.91 Å². The van der Waals surface area contributed by atoms with Crippen LogP contribution in [0.1, 0.15) is 0 Å². The first kappa shape index (κ1) is 7.32. The second-order valence-corrected chi connectivity index (χ2v) is 1.63. The third-order valence-corrected chi connectivity index (χ3v) is 0.906. The Morgan fingerprint density at radius 2 is 2.25 bits per heavy atom. The summed E-state index contributed by atoms with van der Waals surface area (Å²) in [6, 6.07) is 0. The Morgan fingerprint density at radius 1 is 1.75 bits per heavy atom. The molecule has 0 radical (unpaired) electrons. The van der Waals surface area contributed by atoms with Crippen LogP contribution in [-0.2, 0) is 16.1 Å². The number of amides is 1. The molecule has 0 aromatic carbocycles. The first-order chi connectivity index (χ1) is 3.72. The minimum atomic E-state index is -0.523. The third kappa shape index (κ3) is 1.85. The van der Waals surface area contributed by atoms with Gasteiger partial charge in [0.05, 0.1) is 0 Å². The molecular formula is C3H6N2O2S. The Labute approximate surface area is 50.1 Å². The van der Waals surface area contributed by atoms with Crippen molar-refractivity contribution in [3.63, 3.8) is 0 Å². The monoisotopic (exact) mass is 134 g/mol. The quantitative estimate of drug-likeness (QED) is 0.378. The van der Waals surface area contributed by atoms with Gasteiger partial charge < -0.3 is 5.32 Å². The molecule has 0 saturated heterocycles. The van der Waals surface area contributed by atoms with Crippen molar-refractivity contribution in [2.75, 3.05) is 7.05 Å².